The van der Waals surface area contributed by atoms with Crippen molar-refractivity contribution in [2.75, 3.05) is 20.2 Å². The third-order valence-corrected chi connectivity index (χ3v) is 5.28. The van der Waals surface area contributed by atoms with E-state index in [2.05, 4.69) is 11.2 Å². The smallest absolute Gasteiger partial charge is 0.410 e. The molecular formula is C23H30N4O3. The van der Waals surface area contributed by atoms with E-state index in [0.29, 0.717) is 30.3 Å². The number of piperidine rings is 1. The number of amides is 1. The Morgan fingerprint density at radius 3 is 2.57 bits per heavy atom. The van der Waals surface area contributed by atoms with Crippen molar-refractivity contribution in [3.8, 4) is 22.9 Å². The summed E-state index contributed by atoms with van der Waals surface area (Å²) in [6.45, 7) is 9.81. The van der Waals surface area contributed by atoms with Gasteiger partial charge in [0.15, 0.2) is 0 Å². The molecule has 0 unspecified atom stereocenters. The van der Waals surface area contributed by atoms with Gasteiger partial charge in [-0.15, -0.1) is 0 Å². The molecule has 160 valence electrons. The fraction of sp³-hybridized carbons (Fsp3) is 0.522. The first-order valence-electron chi connectivity index (χ1n) is 10.3. The monoisotopic (exact) mass is 410 g/mol. The number of carbonyl (C=O) groups excluding carboxylic acids is 1. The summed E-state index contributed by atoms with van der Waals surface area (Å²) in [5.41, 5.74) is 2.91. The molecule has 2 heterocycles. The molecule has 1 aromatic heterocycles. The van der Waals surface area contributed by atoms with Gasteiger partial charge in [0.05, 0.1) is 18.9 Å². The Balaban J connectivity index is 1.62. The number of aryl methyl sites for hydroxylation is 1. The molecule has 3 rings (SSSR count). The Morgan fingerprint density at radius 1 is 1.27 bits per heavy atom. The van der Waals surface area contributed by atoms with Crippen molar-refractivity contribution < 1.29 is 14.3 Å². The maximum atomic E-state index is 12.2. The van der Waals surface area contributed by atoms with Gasteiger partial charge in [-0.25, -0.2) is 4.79 Å². The molecule has 2 aromatic rings. The largest absolute Gasteiger partial charge is 0.495 e. The molecule has 0 spiro atoms. The summed E-state index contributed by atoms with van der Waals surface area (Å²) in [6.07, 6.45) is 5.47. The van der Waals surface area contributed by atoms with E-state index in [1.165, 1.54) is 0 Å². The molecule has 0 bridgehead atoms. The Morgan fingerprint density at radius 2 is 1.97 bits per heavy atom. The number of ether oxygens (including phenoxy) is 2. The first kappa shape index (κ1) is 21.7. The molecule has 1 aliphatic rings. The number of hydrogen-bond acceptors (Lipinski definition) is 5. The van der Waals surface area contributed by atoms with Crippen molar-refractivity contribution in [2.24, 2.45) is 5.92 Å². The van der Waals surface area contributed by atoms with Gasteiger partial charge in [-0.3, -0.25) is 4.68 Å². The van der Waals surface area contributed by atoms with E-state index in [0.717, 1.165) is 36.1 Å². The van der Waals surface area contributed by atoms with E-state index in [9.17, 15) is 10.1 Å². The molecule has 0 saturated carbocycles. The molecule has 0 aliphatic carbocycles. The van der Waals surface area contributed by atoms with Crippen molar-refractivity contribution in [3.63, 3.8) is 0 Å². The topological polar surface area (TPSA) is 80.4 Å². The van der Waals surface area contributed by atoms with Crippen molar-refractivity contribution in [1.82, 2.24) is 14.7 Å². The normalized spacial score (nSPS) is 15.0. The third-order valence-electron chi connectivity index (χ3n) is 5.28. The van der Waals surface area contributed by atoms with Crippen LogP contribution in [0.1, 0.15) is 44.7 Å². The Kier molecular flexibility index (Phi) is 6.35. The second-order valence-corrected chi connectivity index (χ2v) is 8.85. The molecular weight excluding hydrogens is 380 g/mol. The maximum absolute atomic E-state index is 12.2. The van der Waals surface area contributed by atoms with Gasteiger partial charge in [0, 0.05) is 31.4 Å². The second-order valence-electron chi connectivity index (χ2n) is 8.85. The van der Waals surface area contributed by atoms with Crippen molar-refractivity contribution in [1.29, 1.82) is 5.26 Å². The lowest BCUT2D eigenvalue weighted by atomic mass is 9.97. The Hall–Kier alpha value is -3.01. The van der Waals surface area contributed by atoms with Gasteiger partial charge in [-0.2, -0.15) is 10.4 Å². The summed E-state index contributed by atoms with van der Waals surface area (Å²) in [6, 6.07) is 6.06. The molecule has 1 saturated heterocycles. The zero-order valence-corrected chi connectivity index (χ0v) is 18.4. The zero-order chi connectivity index (χ0) is 21.9. The van der Waals surface area contributed by atoms with Crippen LogP contribution in [0.2, 0.25) is 0 Å². The highest BCUT2D eigenvalue weighted by Gasteiger charge is 2.27. The van der Waals surface area contributed by atoms with Crippen LogP contribution < -0.4 is 4.74 Å². The SMILES string of the molecule is COc1c(C)cc(-c2cnn(CC3CCN(C(=O)OC(C)(C)C)CC3)c2)cc1C#N. The average Bonchev–Trinajstić information content (AvgIpc) is 3.15. The standard InChI is InChI=1S/C23H30N4O3/c1-16-10-18(11-19(12-24)21(16)29-5)20-13-25-27(15-20)14-17-6-8-26(9-7-17)22(28)30-23(2,3)4/h10-11,13,15,17H,6-9,14H2,1-5H3. The molecule has 0 N–H and O–H groups in total. The number of nitrogens with zero attached hydrogens (tertiary/aromatic N) is 4. The van der Waals surface area contributed by atoms with Gasteiger partial charge in [-0.05, 0) is 69.7 Å². The number of nitriles is 1. The average molecular weight is 411 g/mol. The van der Waals surface area contributed by atoms with E-state index in [1.807, 2.05) is 56.9 Å². The predicted molar refractivity (Wildman–Crippen MR) is 114 cm³/mol. The number of carbonyl (C=O) groups is 1. The lowest BCUT2D eigenvalue weighted by molar-refractivity contribution is 0.0177. The van der Waals surface area contributed by atoms with Crippen LogP contribution in [0.4, 0.5) is 4.79 Å². The third kappa shape index (κ3) is 5.12. The lowest BCUT2D eigenvalue weighted by Gasteiger charge is -2.33. The van der Waals surface area contributed by atoms with E-state index in [-0.39, 0.29) is 6.09 Å². The highest BCUT2D eigenvalue weighted by atomic mass is 16.6. The fourth-order valence-electron chi connectivity index (χ4n) is 3.80. The zero-order valence-electron chi connectivity index (χ0n) is 18.4. The van der Waals surface area contributed by atoms with Crippen LogP contribution in [0.15, 0.2) is 24.5 Å². The number of methoxy groups -OCH3 is 1. The molecule has 0 atom stereocenters. The van der Waals surface area contributed by atoms with Crippen LogP contribution in [-0.4, -0.2) is 46.6 Å². The molecule has 7 heteroatoms. The molecule has 1 aromatic carbocycles. The Labute approximate surface area is 178 Å². The Bertz CT molecular complexity index is 944. The quantitative estimate of drug-likeness (QED) is 0.747. The summed E-state index contributed by atoms with van der Waals surface area (Å²) >= 11 is 0. The number of hydrogen-bond donors (Lipinski definition) is 0. The van der Waals surface area contributed by atoms with Crippen LogP contribution in [0, 0.1) is 24.2 Å². The van der Waals surface area contributed by atoms with Gasteiger partial charge in [-0.1, -0.05) is 0 Å². The van der Waals surface area contributed by atoms with Gasteiger partial charge in [0.2, 0.25) is 0 Å². The van der Waals surface area contributed by atoms with Crippen LogP contribution in [-0.2, 0) is 11.3 Å². The predicted octanol–water partition coefficient (Wildman–Crippen LogP) is 4.39. The number of aromatic nitrogens is 2. The summed E-state index contributed by atoms with van der Waals surface area (Å²) in [4.78, 5) is 14.0. The minimum atomic E-state index is -0.468. The van der Waals surface area contributed by atoms with Gasteiger partial charge >= 0.3 is 6.09 Å². The van der Waals surface area contributed by atoms with Crippen LogP contribution >= 0.6 is 0 Å². The number of likely N-dealkylation sites (tertiary alicyclic amines) is 1. The highest BCUT2D eigenvalue weighted by Crippen LogP contribution is 2.30. The van der Waals surface area contributed by atoms with Crippen LogP contribution in [0.25, 0.3) is 11.1 Å². The minimum absolute atomic E-state index is 0.231. The minimum Gasteiger partial charge on any atom is -0.495 e. The van der Waals surface area contributed by atoms with Crippen molar-refractivity contribution in [2.45, 2.75) is 52.7 Å². The summed E-state index contributed by atoms with van der Waals surface area (Å²) in [7, 11) is 1.58. The van der Waals surface area contributed by atoms with Gasteiger partial charge in [0.25, 0.3) is 0 Å². The first-order valence-corrected chi connectivity index (χ1v) is 10.3. The molecule has 0 radical (unpaired) electrons. The maximum Gasteiger partial charge on any atom is 0.410 e. The van der Waals surface area contributed by atoms with Crippen molar-refractivity contribution in [3.05, 3.63) is 35.7 Å². The summed E-state index contributed by atoms with van der Waals surface area (Å²) in [5, 5.41) is 13.9. The first-order chi connectivity index (χ1) is 14.2. The highest BCUT2D eigenvalue weighted by molar-refractivity contribution is 5.68. The van der Waals surface area contributed by atoms with Crippen LogP contribution in [0.5, 0.6) is 5.75 Å². The van der Waals surface area contributed by atoms with Gasteiger partial charge < -0.3 is 14.4 Å². The van der Waals surface area contributed by atoms with Crippen molar-refractivity contribution >= 4 is 6.09 Å². The molecule has 1 fully saturated rings. The van der Waals surface area contributed by atoms with Gasteiger partial charge in [0.1, 0.15) is 17.4 Å². The number of benzene rings is 1. The van der Waals surface area contributed by atoms with E-state index in [1.54, 1.807) is 12.0 Å². The number of rotatable bonds is 4. The van der Waals surface area contributed by atoms with E-state index in [4.69, 9.17) is 9.47 Å². The molecule has 1 amide bonds. The summed E-state index contributed by atoms with van der Waals surface area (Å²) < 4.78 is 12.8. The lowest BCUT2D eigenvalue weighted by Crippen LogP contribution is -2.42. The van der Waals surface area contributed by atoms with Crippen LogP contribution in [0.3, 0.4) is 0 Å². The second kappa shape index (κ2) is 8.78. The van der Waals surface area contributed by atoms with E-state index < -0.39 is 5.60 Å². The fourth-order valence-corrected chi connectivity index (χ4v) is 3.80. The molecule has 1 aliphatic heterocycles. The molecule has 7 nitrogen and oxygen atoms in total. The molecule has 30 heavy (non-hydrogen) atoms. The summed E-state index contributed by atoms with van der Waals surface area (Å²) in [5.74, 6) is 1.08. The van der Waals surface area contributed by atoms with E-state index >= 15 is 0 Å².